The zero-order valence-corrected chi connectivity index (χ0v) is 8.16. The highest BCUT2D eigenvalue weighted by atomic mass is 27.0. The van der Waals surface area contributed by atoms with E-state index in [0.717, 1.165) is 5.56 Å². The van der Waals surface area contributed by atoms with Gasteiger partial charge in [-0.05, 0) is 17.0 Å². The molecule has 0 radical (unpaired) electrons. The van der Waals surface area contributed by atoms with E-state index in [4.69, 9.17) is 5.11 Å². The molecule has 14 heavy (non-hydrogen) atoms. The van der Waals surface area contributed by atoms with Crippen molar-refractivity contribution in [3.8, 4) is 0 Å². The Morgan fingerprint density at radius 3 is 2.07 bits per heavy atom. The van der Waals surface area contributed by atoms with Gasteiger partial charge in [-0.25, -0.2) is 4.79 Å². The van der Waals surface area contributed by atoms with Crippen LogP contribution < -0.4 is 0 Å². The summed E-state index contributed by atoms with van der Waals surface area (Å²) in [5.74, 6) is -0.856. The second-order valence-corrected chi connectivity index (χ2v) is 4.10. The van der Waals surface area contributed by atoms with E-state index in [0.29, 0.717) is 5.56 Å². The number of hydrogen-bond acceptors (Lipinski definition) is 1. The lowest BCUT2D eigenvalue weighted by molar-refractivity contribution is 0.0694. The van der Waals surface area contributed by atoms with Gasteiger partial charge in [-0.1, -0.05) is 39.0 Å². The highest BCUT2D eigenvalue weighted by Crippen LogP contribution is 2.25. The second-order valence-electron chi connectivity index (χ2n) is 4.10. The molecule has 1 aromatic carbocycles. The third kappa shape index (κ3) is 2.87. The van der Waals surface area contributed by atoms with E-state index in [9.17, 15) is 4.79 Å². The molecule has 3 heteroatoms. The lowest BCUT2D eigenvalue weighted by atomic mass is 9.84. The molecule has 0 heterocycles. The Bertz CT molecular complexity index is 326. The van der Waals surface area contributed by atoms with Gasteiger partial charge in [-0.2, -0.15) is 0 Å². The summed E-state index contributed by atoms with van der Waals surface area (Å²) < 4.78 is 0. The molecule has 1 aromatic rings. The van der Waals surface area contributed by atoms with Crippen LogP contribution in [0.25, 0.3) is 0 Å². The first-order chi connectivity index (χ1) is 5.93. The van der Waals surface area contributed by atoms with Crippen molar-refractivity contribution in [3.63, 3.8) is 0 Å². The normalized spacial score (nSPS) is 10.5. The Morgan fingerprint density at radius 1 is 1.21 bits per heavy atom. The monoisotopic (exact) mass is 208 g/mol. The Balaban J connectivity index is 0.00000169. The van der Waals surface area contributed by atoms with Crippen molar-refractivity contribution in [1.29, 1.82) is 0 Å². The Hall–Kier alpha value is -0.778. The predicted octanol–water partition coefficient (Wildman–Crippen LogP) is 1.50. The molecule has 2 nitrogen and oxygen atoms in total. The second kappa shape index (κ2) is 4.64. The average Bonchev–Trinajstić information content (AvgIpc) is 2.03. The van der Waals surface area contributed by atoms with Crippen molar-refractivity contribution < 1.29 is 9.90 Å². The maximum Gasteiger partial charge on any atom is 0.335 e. The minimum Gasteiger partial charge on any atom is -0.478 e. The molecule has 0 saturated heterocycles. The van der Waals surface area contributed by atoms with Crippen LogP contribution in [0.15, 0.2) is 24.3 Å². The largest absolute Gasteiger partial charge is 0.478 e. The molecular formula is C11H17AlO2. The van der Waals surface area contributed by atoms with E-state index in [-0.39, 0.29) is 22.8 Å². The summed E-state index contributed by atoms with van der Waals surface area (Å²) in [5, 5.41) is 8.93. The van der Waals surface area contributed by atoms with E-state index >= 15 is 0 Å². The molecule has 0 fully saturated rings. The van der Waals surface area contributed by atoms with Crippen LogP contribution in [-0.4, -0.2) is 28.4 Å². The summed E-state index contributed by atoms with van der Waals surface area (Å²) in [4.78, 5) is 10.9. The molecule has 0 aliphatic heterocycles. The lowest BCUT2D eigenvalue weighted by Crippen LogP contribution is -2.16. The van der Waals surface area contributed by atoms with Gasteiger partial charge in [0.2, 0.25) is 0 Å². The number of rotatable bonds is 1. The molecule has 0 unspecified atom stereocenters. The fourth-order valence-electron chi connectivity index (χ4n) is 1.32. The van der Waals surface area contributed by atoms with Gasteiger partial charge in [-0.15, -0.1) is 0 Å². The van der Waals surface area contributed by atoms with Crippen LogP contribution in [0.3, 0.4) is 0 Å². The number of carboxylic acid groups (broad SMARTS) is 1. The third-order valence-electron chi connectivity index (χ3n) is 1.97. The number of carboxylic acids is 1. The molecule has 0 spiro atoms. The SMILES string of the molecule is CC(C)(C)c1ccccc1C(=O)O.[AlH3]. The highest BCUT2D eigenvalue weighted by molar-refractivity contribution is 5.89. The molecule has 0 aliphatic rings. The highest BCUT2D eigenvalue weighted by Gasteiger charge is 2.20. The van der Waals surface area contributed by atoms with Gasteiger partial charge in [0.1, 0.15) is 0 Å². The van der Waals surface area contributed by atoms with E-state index in [1.807, 2.05) is 32.9 Å². The van der Waals surface area contributed by atoms with Gasteiger partial charge in [0, 0.05) is 0 Å². The van der Waals surface area contributed by atoms with Gasteiger partial charge >= 0.3 is 5.97 Å². The number of carbonyl (C=O) groups is 1. The predicted molar refractivity (Wildman–Crippen MR) is 62.0 cm³/mol. The molecule has 0 aromatic heterocycles. The molecule has 1 rings (SSSR count). The van der Waals surface area contributed by atoms with Crippen LogP contribution in [0.2, 0.25) is 0 Å². The molecular weight excluding hydrogens is 191 g/mol. The smallest absolute Gasteiger partial charge is 0.335 e. The number of hydrogen-bond donors (Lipinski definition) is 1. The van der Waals surface area contributed by atoms with Crippen molar-refractivity contribution >= 4 is 23.3 Å². The number of aromatic carboxylic acids is 1. The van der Waals surface area contributed by atoms with E-state index in [2.05, 4.69) is 0 Å². The number of benzene rings is 1. The summed E-state index contributed by atoms with van der Waals surface area (Å²) in [6.07, 6.45) is 0. The van der Waals surface area contributed by atoms with Gasteiger partial charge < -0.3 is 5.11 Å². The van der Waals surface area contributed by atoms with Crippen LogP contribution in [0.4, 0.5) is 0 Å². The Labute approximate surface area is 95.1 Å². The summed E-state index contributed by atoms with van der Waals surface area (Å²) in [6, 6.07) is 7.12. The summed E-state index contributed by atoms with van der Waals surface area (Å²) in [5.41, 5.74) is 1.16. The molecule has 0 aliphatic carbocycles. The van der Waals surface area contributed by atoms with Crippen LogP contribution in [0.5, 0.6) is 0 Å². The fraction of sp³-hybridized carbons (Fsp3) is 0.364. The third-order valence-corrected chi connectivity index (χ3v) is 1.97. The van der Waals surface area contributed by atoms with Crippen molar-refractivity contribution in [2.45, 2.75) is 26.2 Å². The minimum absolute atomic E-state index is 0. The van der Waals surface area contributed by atoms with Crippen LogP contribution >= 0.6 is 0 Å². The molecule has 0 atom stereocenters. The molecule has 1 N–H and O–H groups in total. The maximum atomic E-state index is 10.9. The summed E-state index contributed by atoms with van der Waals surface area (Å²) >= 11 is 0. The first-order valence-corrected chi connectivity index (χ1v) is 4.26. The van der Waals surface area contributed by atoms with Crippen LogP contribution in [-0.2, 0) is 5.41 Å². The first-order valence-electron chi connectivity index (χ1n) is 4.26. The van der Waals surface area contributed by atoms with E-state index in [1.54, 1.807) is 12.1 Å². The van der Waals surface area contributed by atoms with Crippen molar-refractivity contribution in [2.75, 3.05) is 0 Å². The molecule has 0 bridgehead atoms. The van der Waals surface area contributed by atoms with Crippen LogP contribution in [0.1, 0.15) is 36.7 Å². The topological polar surface area (TPSA) is 37.3 Å². The summed E-state index contributed by atoms with van der Waals surface area (Å²) in [7, 11) is 0. The Morgan fingerprint density at radius 2 is 1.71 bits per heavy atom. The van der Waals surface area contributed by atoms with E-state index < -0.39 is 5.97 Å². The first kappa shape index (κ1) is 13.2. The van der Waals surface area contributed by atoms with Crippen molar-refractivity contribution in [3.05, 3.63) is 35.4 Å². The van der Waals surface area contributed by atoms with Gasteiger partial charge in [0.05, 0.1) is 5.56 Å². The van der Waals surface area contributed by atoms with Crippen molar-refractivity contribution in [2.24, 2.45) is 0 Å². The van der Waals surface area contributed by atoms with Gasteiger partial charge in [0.15, 0.2) is 17.4 Å². The average molecular weight is 208 g/mol. The van der Waals surface area contributed by atoms with E-state index in [1.165, 1.54) is 0 Å². The van der Waals surface area contributed by atoms with Gasteiger partial charge in [0.25, 0.3) is 0 Å². The zero-order chi connectivity index (χ0) is 10.1. The zero-order valence-electron chi connectivity index (χ0n) is 8.16. The fourth-order valence-corrected chi connectivity index (χ4v) is 1.32. The molecule has 0 saturated carbocycles. The maximum absolute atomic E-state index is 10.9. The van der Waals surface area contributed by atoms with Crippen molar-refractivity contribution in [1.82, 2.24) is 0 Å². The molecule has 76 valence electrons. The molecule has 0 amide bonds. The lowest BCUT2D eigenvalue weighted by Gasteiger charge is -2.20. The van der Waals surface area contributed by atoms with Gasteiger partial charge in [-0.3, -0.25) is 0 Å². The quantitative estimate of drug-likeness (QED) is 0.710. The van der Waals surface area contributed by atoms with Crippen LogP contribution in [0, 0.1) is 0 Å². The Kier molecular flexibility index (Phi) is 4.38. The standard InChI is InChI=1S/C11H14O2.Al.3H/c1-11(2,3)9-7-5-4-6-8(9)10(12)13;;;;/h4-7H,1-3H3,(H,12,13);;;;. The summed E-state index contributed by atoms with van der Waals surface area (Å²) in [6.45, 7) is 6.03. The minimum atomic E-state index is -0.856.